The van der Waals surface area contributed by atoms with Gasteiger partial charge in [0, 0.05) is 6.42 Å². The van der Waals surface area contributed by atoms with Crippen molar-refractivity contribution in [3.05, 3.63) is 0 Å². The Morgan fingerprint density at radius 1 is 1.00 bits per heavy atom. The third kappa shape index (κ3) is 10.3. The summed E-state index contributed by atoms with van der Waals surface area (Å²) in [5.74, 6) is 0.0266. The molecule has 0 heterocycles. The number of carbonyl (C=O) groups excluding carboxylic acids is 2. The van der Waals surface area contributed by atoms with Crippen LogP contribution in [-0.4, -0.2) is 18.2 Å². The minimum Gasteiger partial charge on any atom is -0.347 e. The molecule has 0 aliphatic heterocycles. The summed E-state index contributed by atoms with van der Waals surface area (Å²) in [4.78, 5) is 22.4. The summed E-state index contributed by atoms with van der Waals surface area (Å²) in [6, 6.07) is -0.280. The quantitative estimate of drug-likeness (QED) is 0.428. The van der Waals surface area contributed by atoms with Crippen LogP contribution >= 0.6 is 0 Å². The molecular weight excluding hydrogens is 226 g/mol. The van der Waals surface area contributed by atoms with Crippen LogP contribution in [0.25, 0.3) is 0 Å². The van der Waals surface area contributed by atoms with Crippen LogP contribution in [0, 0.1) is 0 Å². The molecule has 1 N–H and O–H groups in total. The van der Waals surface area contributed by atoms with Gasteiger partial charge in [0.25, 0.3) is 0 Å². The van der Waals surface area contributed by atoms with Crippen molar-refractivity contribution in [2.24, 2.45) is 0 Å². The molecule has 0 rings (SSSR count). The van der Waals surface area contributed by atoms with Gasteiger partial charge in [0.2, 0.25) is 5.91 Å². The van der Waals surface area contributed by atoms with Gasteiger partial charge in [0.1, 0.15) is 6.29 Å². The van der Waals surface area contributed by atoms with Crippen LogP contribution in [-0.2, 0) is 9.59 Å². The summed E-state index contributed by atoms with van der Waals surface area (Å²) in [6.07, 6.45) is 11.3. The first-order valence-electron chi connectivity index (χ1n) is 7.49. The van der Waals surface area contributed by atoms with Gasteiger partial charge in [-0.25, -0.2) is 0 Å². The van der Waals surface area contributed by atoms with E-state index in [1.807, 2.05) is 0 Å². The van der Waals surface area contributed by atoms with Crippen LogP contribution in [0.3, 0.4) is 0 Å². The maximum absolute atomic E-state index is 11.6. The number of unbranched alkanes of at least 4 members (excludes halogenated alkanes) is 6. The highest BCUT2D eigenvalue weighted by Crippen LogP contribution is 2.07. The van der Waals surface area contributed by atoms with Gasteiger partial charge in [0.05, 0.1) is 6.04 Å². The molecule has 106 valence electrons. The summed E-state index contributed by atoms with van der Waals surface area (Å²) in [5, 5.41) is 2.80. The van der Waals surface area contributed by atoms with Gasteiger partial charge in [-0.2, -0.15) is 0 Å². The Kier molecular flexibility index (Phi) is 12.0. The summed E-state index contributed by atoms with van der Waals surface area (Å²) in [6.45, 7) is 4.28. The number of hydrogen-bond acceptors (Lipinski definition) is 2. The summed E-state index contributed by atoms with van der Waals surface area (Å²) < 4.78 is 0. The number of aldehydes is 1. The molecule has 1 atom stereocenters. The Balaban J connectivity index is 3.53. The predicted octanol–water partition coefficient (Wildman–Crippen LogP) is 3.61. The van der Waals surface area contributed by atoms with Crippen LogP contribution in [0.1, 0.15) is 78.1 Å². The van der Waals surface area contributed by atoms with Crippen LogP contribution in [0.4, 0.5) is 0 Å². The van der Waals surface area contributed by atoms with Gasteiger partial charge >= 0.3 is 0 Å². The lowest BCUT2D eigenvalue weighted by Gasteiger charge is -2.12. The summed E-state index contributed by atoms with van der Waals surface area (Å²) in [7, 11) is 0. The van der Waals surface area contributed by atoms with E-state index in [-0.39, 0.29) is 11.9 Å². The molecule has 1 amide bonds. The SMILES string of the molecule is CCCCCCCCC(=O)NC(C=O)CCCC. The van der Waals surface area contributed by atoms with Crippen LogP contribution in [0.15, 0.2) is 0 Å². The van der Waals surface area contributed by atoms with E-state index in [9.17, 15) is 9.59 Å². The average molecular weight is 255 g/mol. The predicted molar refractivity (Wildman–Crippen MR) is 75.5 cm³/mol. The normalized spacial score (nSPS) is 12.1. The molecule has 0 fully saturated rings. The second kappa shape index (κ2) is 12.6. The highest BCUT2D eigenvalue weighted by atomic mass is 16.2. The molecule has 0 aliphatic carbocycles. The standard InChI is InChI=1S/C15H29NO2/c1-3-5-7-8-9-10-12-15(18)16-14(13-17)11-6-4-2/h13-14H,3-12H2,1-2H3,(H,16,18). The summed E-state index contributed by atoms with van der Waals surface area (Å²) >= 11 is 0. The maximum atomic E-state index is 11.6. The van der Waals surface area contributed by atoms with E-state index in [2.05, 4.69) is 19.2 Å². The van der Waals surface area contributed by atoms with E-state index in [4.69, 9.17) is 0 Å². The molecule has 3 heteroatoms. The average Bonchev–Trinajstić information content (AvgIpc) is 2.38. The molecule has 0 aromatic heterocycles. The van der Waals surface area contributed by atoms with Crippen molar-refractivity contribution in [3.8, 4) is 0 Å². The Morgan fingerprint density at radius 2 is 1.61 bits per heavy atom. The van der Waals surface area contributed by atoms with Crippen LogP contribution < -0.4 is 5.32 Å². The van der Waals surface area contributed by atoms with Crippen molar-refractivity contribution in [3.63, 3.8) is 0 Å². The molecule has 0 bridgehead atoms. The van der Waals surface area contributed by atoms with Crippen LogP contribution in [0.5, 0.6) is 0 Å². The molecule has 0 aliphatic rings. The molecule has 0 spiro atoms. The number of amides is 1. The third-order valence-electron chi connectivity index (χ3n) is 3.14. The fourth-order valence-corrected chi connectivity index (χ4v) is 1.94. The van der Waals surface area contributed by atoms with E-state index in [0.29, 0.717) is 6.42 Å². The van der Waals surface area contributed by atoms with Crippen LogP contribution in [0.2, 0.25) is 0 Å². The van der Waals surface area contributed by atoms with E-state index < -0.39 is 0 Å². The zero-order valence-electron chi connectivity index (χ0n) is 12.0. The molecule has 18 heavy (non-hydrogen) atoms. The topological polar surface area (TPSA) is 46.2 Å². The fraction of sp³-hybridized carbons (Fsp3) is 0.867. The Morgan fingerprint density at radius 3 is 2.22 bits per heavy atom. The molecule has 0 saturated heterocycles. The van der Waals surface area contributed by atoms with Crippen molar-refractivity contribution in [1.29, 1.82) is 0 Å². The van der Waals surface area contributed by atoms with Crippen molar-refractivity contribution < 1.29 is 9.59 Å². The smallest absolute Gasteiger partial charge is 0.220 e. The maximum Gasteiger partial charge on any atom is 0.220 e. The van der Waals surface area contributed by atoms with Gasteiger partial charge in [-0.15, -0.1) is 0 Å². The molecule has 0 radical (unpaired) electrons. The summed E-state index contributed by atoms with van der Waals surface area (Å²) in [5.41, 5.74) is 0. The highest BCUT2D eigenvalue weighted by Gasteiger charge is 2.09. The van der Waals surface area contributed by atoms with Crippen molar-refractivity contribution in [1.82, 2.24) is 5.32 Å². The zero-order chi connectivity index (χ0) is 13.6. The Labute approximate surface area is 112 Å². The Hall–Kier alpha value is -0.860. The zero-order valence-corrected chi connectivity index (χ0v) is 12.0. The minimum absolute atomic E-state index is 0.0266. The first-order valence-corrected chi connectivity index (χ1v) is 7.49. The lowest BCUT2D eigenvalue weighted by atomic mass is 10.1. The van der Waals surface area contributed by atoms with E-state index in [1.54, 1.807) is 0 Å². The number of rotatable bonds is 12. The Bertz CT molecular complexity index is 217. The molecular formula is C15H29NO2. The molecule has 1 unspecified atom stereocenters. The first kappa shape index (κ1) is 17.1. The molecule has 0 saturated carbocycles. The molecule has 0 aromatic carbocycles. The van der Waals surface area contributed by atoms with E-state index in [1.165, 1.54) is 25.7 Å². The molecule has 3 nitrogen and oxygen atoms in total. The number of nitrogens with one attached hydrogen (secondary N) is 1. The second-order valence-electron chi connectivity index (χ2n) is 4.97. The minimum atomic E-state index is -0.280. The lowest BCUT2D eigenvalue weighted by molar-refractivity contribution is -0.124. The van der Waals surface area contributed by atoms with Crippen molar-refractivity contribution >= 4 is 12.2 Å². The van der Waals surface area contributed by atoms with Gasteiger partial charge in [-0.3, -0.25) is 4.79 Å². The van der Waals surface area contributed by atoms with Gasteiger partial charge in [-0.05, 0) is 12.8 Å². The van der Waals surface area contributed by atoms with Gasteiger partial charge in [0.15, 0.2) is 0 Å². The van der Waals surface area contributed by atoms with Gasteiger partial charge in [-0.1, -0.05) is 58.8 Å². The second-order valence-corrected chi connectivity index (χ2v) is 4.97. The van der Waals surface area contributed by atoms with E-state index in [0.717, 1.165) is 38.4 Å². The van der Waals surface area contributed by atoms with Crippen molar-refractivity contribution in [2.45, 2.75) is 84.1 Å². The fourth-order valence-electron chi connectivity index (χ4n) is 1.94. The lowest BCUT2D eigenvalue weighted by Crippen LogP contribution is -2.35. The molecule has 0 aromatic rings. The van der Waals surface area contributed by atoms with E-state index >= 15 is 0 Å². The number of carbonyl (C=O) groups is 2. The largest absolute Gasteiger partial charge is 0.347 e. The van der Waals surface area contributed by atoms with Crippen molar-refractivity contribution in [2.75, 3.05) is 0 Å². The number of hydrogen-bond donors (Lipinski definition) is 1. The van der Waals surface area contributed by atoms with Gasteiger partial charge < -0.3 is 10.1 Å². The first-order chi connectivity index (χ1) is 8.74. The highest BCUT2D eigenvalue weighted by molar-refractivity contribution is 5.79. The monoisotopic (exact) mass is 255 g/mol. The third-order valence-corrected chi connectivity index (χ3v) is 3.14.